The van der Waals surface area contributed by atoms with E-state index in [1.54, 1.807) is 0 Å². The molecule has 0 unspecified atom stereocenters. The number of hydrogen-bond donors (Lipinski definition) is 1. The van der Waals surface area contributed by atoms with Gasteiger partial charge in [-0.1, -0.05) is 15.9 Å². The Morgan fingerprint density at radius 2 is 2.24 bits per heavy atom. The molecule has 1 aliphatic carbocycles. The summed E-state index contributed by atoms with van der Waals surface area (Å²) in [4.78, 5) is 22.5. The first-order chi connectivity index (χ1) is 10.0. The van der Waals surface area contributed by atoms with Gasteiger partial charge in [0.1, 0.15) is 0 Å². The summed E-state index contributed by atoms with van der Waals surface area (Å²) in [6, 6.07) is 4.22. The topological polar surface area (TPSA) is 81.5 Å². The Morgan fingerprint density at radius 3 is 2.76 bits per heavy atom. The molecule has 0 aromatic heterocycles. The van der Waals surface area contributed by atoms with Gasteiger partial charge < -0.3 is 10.1 Å². The normalized spacial score (nSPS) is 15.3. The van der Waals surface area contributed by atoms with Gasteiger partial charge in [-0.15, -0.1) is 0 Å². The van der Waals surface area contributed by atoms with Crippen LogP contribution in [0, 0.1) is 15.5 Å². The van der Waals surface area contributed by atoms with E-state index >= 15 is 0 Å². The number of amides is 1. The van der Waals surface area contributed by atoms with Crippen LogP contribution in [0.4, 0.5) is 5.69 Å². The van der Waals surface area contributed by atoms with Crippen molar-refractivity contribution in [3.8, 4) is 5.75 Å². The quantitative estimate of drug-likeness (QED) is 0.462. The Kier molecular flexibility index (Phi) is 4.82. The lowest BCUT2D eigenvalue weighted by Gasteiger charge is -2.14. The zero-order chi connectivity index (χ0) is 15.5. The standard InChI is InChI=1S/C14H17BrN2O4/c1-21-12-3-2-10(8-11(12)17(19)20)13(18)16-9-14(4-5-14)6-7-15/h2-3,8H,4-7,9H2,1H3,(H,16,18). The number of benzene rings is 1. The second-order valence-electron chi connectivity index (χ2n) is 5.27. The van der Waals surface area contributed by atoms with E-state index in [1.165, 1.54) is 25.3 Å². The van der Waals surface area contributed by atoms with Crippen LogP contribution in [0.1, 0.15) is 29.6 Å². The summed E-state index contributed by atoms with van der Waals surface area (Å²) in [5.41, 5.74) is 0.279. The van der Waals surface area contributed by atoms with E-state index in [9.17, 15) is 14.9 Å². The minimum absolute atomic E-state index is 0.148. The van der Waals surface area contributed by atoms with Crippen LogP contribution in [0.25, 0.3) is 0 Å². The minimum Gasteiger partial charge on any atom is -0.490 e. The maximum atomic E-state index is 12.1. The maximum absolute atomic E-state index is 12.1. The number of rotatable bonds is 7. The molecule has 7 heteroatoms. The third-order valence-corrected chi connectivity index (χ3v) is 4.24. The first-order valence-electron chi connectivity index (χ1n) is 6.68. The van der Waals surface area contributed by atoms with E-state index in [0.717, 1.165) is 24.6 Å². The number of carbonyl (C=O) groups is 1. The molecule has 1 aliphatic rings. The average Bonchev–Trinajstić information content (AvgIpc) is 3.24. The van der Waals surface area contributed by atoms with Crippen molar-refractivity contribution in [1.82, 2.24) is 5.32 Å². The molecule has 21 heavy (non-hydrogen) atoms. The van der Waals surface area contributed by atoms with Gasteiger partial charge in [-0.3, -0.25) is 14.9 Å². The number of halogens is 1. The van der Waals surface area contributed by atoms with Crippen LogP contribution < -0.4 is 10.1 Å². The molecule has 1 fully saturated rings. The number of methoxy groups -OCH3 is 1. The summed E-state index contributed by atoms with van der Waals surface area (Å²) >= 11 is 3.42. The van der Waals surface area contributed by atoms with Gasteiger partial charge in [-0.2, -0.15) is 0 Å². The van der Waals surface area contributed by atoms with Crippen molar-refractivity contribution in [2.24, 2.45) is 5.41 Å². The molecule has 0 atom stereocenters. The van der Waals surface area contributed by atoms with Crippen molar-refractivity contribution in [1.29, 1.82) is 0 Å². The number of ether oxygens (including phenoxy) is 1. The summed E-state index contributed by atoms with van der Waals surface area (Å²) in [5.74, 6) is -0.142. The van der Waals surface area contributed by atoms with Gasteiger partial charge in [-0.25, -0.2) is 0 Å². The molecule has 1 aromatic carbocycles. The fraction of sp³-hybridized carbons (Fsp3) is 0.500. The molecular weight excluding hydrogens is 340 g/mol. The van der Waals surface area contributed by atoms with E-state index in [4.69, 9.17) is 4.74 Å². The highest BCUT2D eigenvalue weighted by atomic mass is 79.9. The van der Waals surface area contributed by atoms with Crippen molar-refractivity contribution in [2.45, 2.75) is 19.3 Å². The molecule has 1 N–H and O–H groups in total. The van der Waals surface area contributed by atoms with E-state index in [2.05, 4.69) is 21.2 Å². The molecule has 1 amide bonds. The number of nitro benzene ring substituents is 1. The molecule has 6 nitrogen and oxygen atoms in total. The lowest BCUT2D eigenvalue weighted by Crippen LogP contribution is -2.30. The molecule has 1 saturated carbocycles. The first-order valence-corrected chi connectivity index (χ1v) is 7.80. The monoisotopic (exact) mass is 356 g/mol. The highest BCUT2D eigenvalue weighted by Crippen LogP contribution is 2.48. The number of nitro groups is 1. The Labute approximate surface area is 131 Å². The fourth-order valence-corrected chi connectivity index (χ4v) is 3.08. The van der Waals surface area contributed by atoms with Gasteiger partial charge in [-0.05, 0) is 36.8 Å². The zero-order valence-corrected chi connectivity index (χ0v) is 13.3. The van der Waals surface area contributed by atoms with Gasteiger partial charge in [0.05, 0.1) is 12.0 Å². The summed E-state index contributed by atoms with van der Waals surface area (Å²) in [6.07, 6.45) is 3.25. The Balaban J connectivity index is 2.06. The van der Waals surface area contributed by atoms with Crippen LogP contribution >= 0.6 is 15.9 Å². The first kappa shape index (κ1) is 15.8. The second kappa shape index (κ2) is 6.43. The van der Waals surface area contributed by atoms with E-state index < -0.39 is 4.92 Å². The fourth-order valence-electron chi connectivity index (χ4n) is 2.24. The smallest absolute Gasteiger partial charge is 0.311 e. The zero-order valence-electron chi connectivity index (χ0n) is 11.7. The molecule has 114 valence electrons. The summed E-state index contributed by atoms with van der Waals surface area (Å²) in [6.45, 7) is 0.608. The van der Waals surface area contributed by atoms with Gasteiger partial charge >= 0.3 is 5.69 Å². The molecule has 0 heterocycles. The molecule has 0 radical (unpaired) electrons. The predicted molar refractivity (Wildman–Crippen MR) is 82.1 cm³/mol. The average molecular weight is 357 g/mol. The number of hydrogen-bond acceptors (Lipinski definition) is 4. The Hall–Kier alpha value is -1.63. The third-order valence-electron chi connectivity index (χ3n) is 3.84. The number of nitrogens with one attached hydrogen (secondary N) is 1. The maximum Gasteiger partial charge on any atom is 0.311 e. The van der Waals surface area contributed by atoms with Crippen LogP contribution in [0.5, 0.6) is 5.75 Å². The molecule has 0 bridgehead atoms. The van der Waals surface area contributed by atoms with Gasteiger partial charge in [0.2, 0.25) is 0 Å². The number of carbonyl (C=O) groups excluding carboxylic acids is 1. The molecule has 1 aromatic rings. The predicted octanol–water partition coefficient (Wildman–Crippen LogP) is 2.90. The van der Waals surface area contributed by atoms with Crippen LogP contribution in [0.2, 0.25) is 0 Å². The molecule has 0 aliphatic heterocycles. The van der Waals surface area contributed by atoms with Gasteiger partial charge in [0.15, 0.2) is 5.75 Å². The SMILES string of the molecule is COc1ccc(C(=O)NCC2(CCBr)CC2)cc1[N+](=O)[O-]. The largest absolute Gasteiger partial charge is 0.490 e. The Morgan fingerprint density at radius 1 is 1.52 bits per heavy atom. The highest BCUT2D eigenvalue weighted by molar-refractivity contribution is 9.09. The van der Waals surface area contributed by atoms with E-state index in [-0.39, 0.29) is 28.3 Å². The minimum atomic E-state index is -0.553. The second-order valence-corrected chi connectivity index (χ2v) is 6.06. The summed E-state index contributed by atoms with van der Waals surface area (Å²) in [5, 5.41) is 14.7. The van der Waals surface area contributed by atoms with Crippen LogP contribution in [0.15, 0.2) is 18.2 Å². The molecule has 0 spiro atoms. The number of nitrogens with zero attached hydrogens (tertiary/aromatic N) is 1. The molecular formula is C14H17BrN2O4. The highest BCUT2D eigenvalue weighted by Gasteiger charge is 2.41. The Bertz CT molecular complexity index is 558. The van der Waals surface area contributed by atoms with Crippen molar-refractivity contribution in [2.75, 3.05) is 19.0 Å². The van der Waals surface area contributed by atoms with Gasteiger partial charge in [0.25, 0.3) is 5.91 Å². The summed E-state index contributed by atoms with van der Waals surface area (Å²) < 4.78 is 4.92. The van der Waals surface area contributed by atoms with Crippen LogP contribution in [-0.4, -0.2) is 29.8 Å². The molecule has 2 rings (SSSR count). The van der Waals surface area contributed by atoms with E-state index in [0.29, 0.717) is 6.54 Å². The molecule has 0 saturated heterocycles. The van der Waals surface area contributed by atoms with Gasteiger partial charge in [0, 0.05) is 23.5 Å². The lowest BCUT2D eigenvalue weighted by atomic mass is 10.0. The van der Waals surface area contributed by atoms with E-state index in [1.807, 2.05) is 0 Å². The van der Waals surface area contributed by atoms with Crippen molar-refractivity contribution >= 4 is 27.5 Å². The van der Waals surface area contributed by atoms with Crippen LogP contribution in [0.3, 0.4) is 0 Å². The van der Waals surface area contributed by atoms with Crippen molar-refractivity contribution in [3.05, 3.63) is 33.9 Å². The van der Waals surface area contributed by atoms with Crippen LogP contribution in [-0.2, 0) is 0 Å². The number of alkyl halides is 1. The lowest BCUT2D eigenvalue weighted by molar-refractivity contribution is -0.385. The summed E-state index contributed by atoms with van der Waals surface area (Å²) in [7, 11) is 1.36. The third kappa shape index (κ3) is 3.72. The van der Waals surface area contributed by atoms with Crippen molar-refractivity contribution < 1.29 is 14.5 Å². The van der Waals surface area contributed by atoms with Crippen molar-refractivity contribution in [3.63, 3.8) is 0 Å².